The van der Waals surface area contributed by atoms with Gasteiger partial charge in [-0.2, -0.15) is 0 Å². The third-order valence-corrected chi connectivity index (χ3v) is 4.07. The Hall–Kier alpha value is -1.35. The molecule has 2 unspecified atom stereocenters. The van der Waals surface area contributed by atoms with Gasteiger partial charge >= 0.3 is 0 Å². The van der Waals surface area contributed by atoms with Gasteiger partial charge in [-0.3, -0.25) is 4.79 Å². The Morgan fingerprint density at radius 3 is 2.67 bits per heavy atom. The van der Waals surface area contributed by atoms with Gasteiger partial charge in [0.05, 0.1) is 0 Å². The molecule has 0 fully saturated rings. The number of amides is 1. The topological polar surface area (TPSA) is 55.1 Å². The highest BCUT2D eigenvalue weighted by atomic mass is 16.1. The number of aryl methyl sites for hydroxylation is 1. The largest absolute Gasteiger partial charge is 0.326 e. The van der Waals surface area contributed by atoms with Gasteiger partial charge in [-0.1, -0.05) is 39.8 Å². The summed E-state index contributed by atoms with van der Waals surface area (Å²) >= 11 is 0. The number of rotatable bonds is 4. The summed E-state index contributed by atoms with van der Waals surface area (Å²) in [6, 6.07) is 6.29. The molecule has 0 spiro atoms. The van der Waals surface area contributed by atoms with Gasteiger partial charge in [0.1, 0.15) is 0 Å². The van der Waals surface area contributed by atoms with Crippen LogP contribution in [-0.4, -0.2) is 5.91 Å². The second kappa shape index (κ2) is 6.18. The van der Waals surface area contributed by atoms with E-state index in [-0.39, 0.29) is 11.9 Å². The fraction of sp³-hybridized carbons (Fsp3) is 0.611. The van der Waals surface area contributed by atoms with Crippen molar-refractivity contribution < 1.29 is 4.79 Å². The van der Waals surface area contributed by atoms with Gasteiger partial charge in [0, 0.05) is 18.2 Å². The van der Waals surface area contributed by atoms with Gasteiger partial charge in [0.2, 0.25) is 5.91 Å². The number of nitrogens with one attached hydrogen (secondary N) is 1. The number of carbonyl (C=O) groups excluding carboxylic acids is 1. The second-order valence-electron chi connectivity index (χ2n) is 7.68. The number of nitrogens with two attached hydrogens (primary N) is 1. The van der Waals surface area contributed by atoms with Crippen molar-refractivity contribution in [2.75, 3.05) is 5.32 Å². The van der Waals surface area contributed by atoms with Crippen LogP contribution in [0.4, 0.5) is 5.69 Å². The molecule has 2 rings (SSSR count). The molecule has 116 valence electrons. The van der Waals surface area contributed by atoms with Crippen molar-refractivity contribution in [3.8, 4) is 0 Å². The number of hydrogen-bond donors (Lipinski definition) is 2. The lowest BCUT2D eigenvalue weighted by atomic mass is 9.82. The quantitative estimate of drug-likeness (QED) is 0.878. The summed E-state index contributed by atoms with van der Waals surface area (Å²) < 4.78 is 0. The van der Waals surface area contributed by atoms with Crippen LogP contribution in [0.25, 0.3) is 0 Å². The SMILES string of the molecule is CC(CC(N)c1ccc2c(c1)CCC(=O)N2)CC(C)(C)C. The molecule has 1 aromatic rings. The van der Waals surface area contributed by atoms with Crippen LogP contribution in [0.3, 0.4) is 0 Å². The van der Waals surface area contributed by atoms with E-state index < -0.39 is 0 Å². The Morgan fingerprint density at radius 1 is 1.29 bits per heavy atom. The zero-order chi connectivity index (χ0) is 15.6. The highest BCUT2D eigenvalue weighted by Crippen LogP contribution is 2.31. The summed E-state index contributed by atoms with van der Waals surface area (Å²) in [6.45, 7) is 9.10. The average Bonchev–Trinajstić information content (AvgIpc) is 2.35. The van der Waals surface area contributed by atoms with Crippen LogP contribution < -0.4 is 11.1 Å². The van der Waals surface area contributed by atoms with Crippen molar-refractivity contribution in [1.82, 2.24) is 0 Å². The van der Waals surface area contributed by atoms with E-state index in [1.165, 1.54) is 17.5 Å². The third-order valence-electron chi connectivity index (χ3n) is 4.07. The molecule has 1 aromatic carbocycles. The monoisotopic (exact) mass is 288 g/mol. The molecule has 0 aliphatic carbocycles. The van der Waals surface area contributed by atoms with Crippen molar-refractivity contribution in [3.63, 3.8) is 0 Å². The molecular formula is C18H28N2O. The first-order chi connectivity index (χ1) is 9.74. The lowest BCUT2D eigenvalue weighted by Gasteiger charge is -2.26. The van der Waals surface area contributed by atoms with Gasteiger partial charge < -0.3 is 11.1 Å². The predicted molar refractivity (Wildman–Crippen MR) is 88.2 cm³/mol. The number of fused-ring (bicyclic) bond motifs is 1. The number of benzene rings is 1. The van der Waals surface area contributed by atoms with Crippen LogP contribution in [0.2, 0.25) is 0 Å². The van der Waals surface area contributed by atoms with Crippen LogP contribution >= 0.6 is 0 Å². The van der Waals surface area contributed by atoms with Crippen molar-refractivity contribution in [1.29, 1.82) is 0 Å². The number of carbonyl (C=O) groups is 1. The minimum absolute atomic E-state index is 0.0743. The van der Waals surface area contributed by atoms with E-state index >= 15 is 0 Å². The van der Waals surface area contributed by atoms with Gasteiger partial charge in [0.15, 0.2) is 0 Å². The van der Waals surface area contributed by atoms with E-state index in [0.717, 1.165) is 18.5 Å². The molecule has 0 radical (unpaired) electrons. The van der Waals surface area contributed by atoms with Gasteiger partial charge in [-0.25, -0.2) is 0 Å². The molecule has 2 atom stereocenters. The Balaban J connectivity index is 2.03. The van der Waals surface area contributed by atoms with E-state index in [1.807, 2.05) is 6.07 Å². The fourth-order valence-corrected chi connectivity index (χ4v) is 3.33. The van der Waals surface area contributed by atoms with Crippen molar-refractivity contribution in [2.24, 2.45) is 17.1 Å². The van der Waals surface area contributed by atoms with E-state index in [0.29, 0.717) is 17.8 Å². The molecule has 3 N–H and O–H groups in total. The van der Waals surface area contributed by atoms with E-state index in [2.05, 4.69) is 45.1 Å². The summed E-state index contributed by atoms with van der Waals surface area (Å²) in [6.07, 6.45) is 3.58. The molecule has 0 saturated carbocycles. The number of hydrogen-bond acceptors (Lipinski definition) is 2. The van der Waals surface area contributed by atoms with Crippen LogP contribution in [-0.2, 0) is 11.2 Å². The molecule has 21 heavy (non-hydrogen) atoms. The lowest BCUT2D eigenvalue weighted by Crippen LogP contribution is -2.21. The fourth-order valence-electron chi connectivity index (χ4n) is 3.33. The van der Waals surface area contributed by atoms with Crippen molar-refractivity contribution >= 4 is 11.6 Å². The Morgan fingerprint density at radius 2 is 2.00 bits per heavy atom. The Labute approximate surface area is 128 Å². The first-order valence-electron chi connectivity index (χ1n) is 7.93. The van der Waals surface area contributed by atoms with Gasteiger partial charge in [-0.15, -0.1) is 0 Å². The van der Waals surface area contributed by atoms with Crippen molar-refractivity contribution in [2.45, 2.75) is 59.4 Å². The average molecular weight is 288 g/mol. The molecule has 1 aliphatic heterocycles. The highest BCUT2D eigenvalue weighted by molar-refractivity contribution is 5.93. The third kappa shape index (κ3) is 4.57. The van der Waals surface area contributed by atoms with Crippen LogP contribution in [0.1, 0.15) is 64.1 Å². The normalized spacial score (nSPS) is 17.9. The number of anilines is 1. The molecule has 1 aliphatic rings. The Bertz CT molecular complexity index is 516. The van der Waals surface area contributed by atoms with E-state index in [1.54, 1.807) is 0 Å². The zero-order valence-corrected chi connectivity index (χ0v) is 13.7. The molecule has 1 heterocycles. The molecule has 3 heteroatoms. The molecule has 0 bridgehead atoms. The van der Waals surface area contributed by atoms with Crippen LogP contribution in [0.5, 0.6) is 0 Å². The second-order valence-corrected chi connectivity index (χ2v) is 7.68. The zero-order valence-electron chi connectivity index (χ0n) is 13.7. The molecular weight excluding hydrogens is 260 g/mol. The maximum absolute atomic E-state index is 11.4. The van der Waals surface area contributed by atoms with Crippen LogP contribution in [0, 0.1) is 11.3 Å². The Kier molecular flexibility index (Phi) is 4.72. The van der Waals surface area contributed by atoms with E-state index in [9.17, 15) is 4.79 Å². The highest BCUT2D eigenvalue weighted by Gasteiger charge is 2.20. The molecule has 3 nitrogen and oxygen atoms in total. The molecule has 1 amide bonds. The summed E-state index contributed by atoms with van der Waals surface area (Å²) in [4.78, 5) is 11.4. The lowest BCUT2D eigenvalue weighted by molar-refractivity contribution is -0.116. The standard InChI is InChI=1S/C18H28N2O/c1-12(11-18(2,3)4)9-15(19)13-5-7-16-14(10-13)6-8-17(21)20-16/h5,7,10,12,15H,6,8-9,11,19H2,1-4H3,(H,20,21). The molecule has 0 aromatic heterocycles. The summed E-state index contributed by atoms with van der Waals surface area (Å²) in [5.41, 5.74) is 10.1. The minimum atomic E-state index is 0.0743. The first kappa shape index (κ1) is 16.0. The maximum atomic E-state index is 11.4. The predicted octanol–water partition coefficient (Wildman–Crippen LogP) is 4.03. The maximum Gasteiger partial charge on any atom is 0.224 e. The van der Waals surface area contributed by atoms with Crippen molar-refractivity contribution in [3.05, 3.63) is 29.3 Å². The summed E-state index contributed by atoms with van der Waals surface area (Å²) in [5.74, 6) is 0.717. The smallest absolute Gasteiger partial charge is 0.224 e. The first-order valence-corrected chi connectivity index (χ1v) is 7.93. The molecule has 0 saturated heterocycles. The van der Waals surface area contributed by atoms with Gasteiger partial charge in [0.25, 0.3) is 0 Å². The summed E-state index contributed by atoms with van der Waals surface area (Å²) in [7, 11) is 0. The van der Waals surface area contributed by atoms with Crippen LogP contribution in [0.15, 0.2) is 18.2 Å². The van der Waals surface area contributed by atoms with E-state index in [4.69, 9.17) is 5.73 Å². The minimum Gasteiger partial charge on any atom is -0.326 e. The van der Waals surface area contributed by atoms with Gasteiger partial charge in [-0.05, 0) is 47.8 Å². The summed E-state index contributed by atoms with van der Waals surface area (Å²) in [5, 5.41) is 2.92.